The predicted molar refractivity (Wildman–Crippen MR) is 86.5 cm³/mol. The lowest BCUT2D eigenvalue weighted by Gasteiger charge is -2.35. The van der Waals surface area contributed by atoms with Gasteiger partial charge in [0, 0.05) is 39.3 Å². The molecule has 2 N–H and O–H groups in total. The van der Waals surface area contributed by atoms with E-state index in [1.54, 1.807) is 23.2 Å². The van der Waals surface area contributed by atoms with Crippen molar-refractivity contribution in [2.45, 2.75) is 19.1 Å². The Balaban J connectivity index is 2.06. The van der Waals surface area contributed by atoms with Gasteiger partial charge in [-0.15, -0.1) is 0 Å². The largest absolute Gasteiger partial charge is 0.390 e. The van der Waals surface area contributed by atoms with E-state index in [0.717, 1.165) is 5.82 Å². The maximum atomic E-state index is 12.6. The van der Waals surface area contributed by atoms with E-state index in [1.807, 2.05) is 25.9 Å². The van der Waals surface area contributed by atoms with Gasteiger partial charge in [-0.1, -0.05) is 0 Å². The van der Waals surface area contributed by atoms with Crippen molar-refractivity contribution in [3.8, 4) is 0 Å². The molecule has 1 aliphatic heterocycles. The molecule has 7 heteroatoms. The van der Waals surface area contributed by atoms with Crippen LogP contribution in [0.2, 0.25) is 0 Å². The topological polar surface area (TPSA) is 86.1 Å². The summed E-state index contributed by atoms with van der Waals surface area (Å²) in [6.07, 6.45) is -0.216. The zero-order chi connectivity index (χ0) is 17.0. The van der Waals surface area contributed by atoms with Crippen LogP contribution in [0.1, 0.15) is 17.3 Å². The molecule has 1 aliphatic rings. The van der Waals surface area contributed by atoms with Crippen molar-refractivity contribution < 1.29 is 19.7 Å². The fourth-order valence-corrected chi connectivity index (χ4v) is 2.61. The standard InChI is InChI=1S/C16H25N3O4/c1-4-19(8-12-9-23-10-13(20)15(12)21)16(22)11-5-6-14(17-7-11)18(2)3/h5-7,12-13,15,20-21H,4,8-10H2,1-3H3/t12-,13-,15+/m1/s1. The van der Waals surface area contributed by atoms with Gasteiger partial charge in [0.05, 0.1) is 24.9 Å². The highest BCUT2D eigenvalue weighted by molar-refractivity contribution is 5.94. The summed E-state index contributed by atoms with van der Waals surface area (Å²) in [6.45, 7) is 3.19. The molecule has 1 aromatic heterocycles. The van der Waals surface area contributed by atoms with Gasteiger partial charge in [0.1, 0.15) is 11.9 Å². The van der Waals surface area contributed by atoms with E-state index in [9.17, 15) is 15.0 Å². The van der Waals surface area contributed by atoms with Crippen molar-refractivity contribution in [2.75, 3.05) is 45.3 Å². The minimum atomic E-state index is -0.899. The summed E-state index contributed by atoms with van der Waals surface area (Å²) < 4.78 is 5.27. The Bertz CT molecular complexity index is 521. The molecular weight excluding hydrogens is 298 g/mol. The molecule has 0 saturated carbocycles. The second-order valence-electron chi connectivity index (χ2n) is 6.00. The van der Waals surface area contributed by atoms with Crippen LogP contribution in [0.4, 0.5) is 5.82 Å². The maximum Gasteiger partial charge on any atom is 0.255 e. The van der Waals surface area contributed by atoms with Gasteiger partial charge in [-0.3, -0.25) is 4.79 Å². The summed E-state index contributed by atoms with van der Waals surface area (Å²) in [7, 11) is 3.77. The number of carbonyl (C=O) groups is 1. The van der Waals surface area contributed by atoms with Crippen molar-refractivity contribution in [3.63, 3.8) is 0 Å². The number of pyridine rings is 1. The molecular formula is C16H25N3O4. The molecule has 7 nitrogen and oxygen atoms in total. The van der Waals surface area contributed by atoms with Crippen LogP contribution in [-0.2, 0) is 4.74 Å². The first-order chi connectivity index (χ1) is 10.9. The zero-order valence-electron chi connectivity index (χ0n) is 13.8. The molecule has 0 spiro atoms. The molecule has 3 atom stereocenters. The maximum absolute atomic E-state index is 12.6. The van der Waals surface area contributed by atoms with Gasteiger partial charge in [-0.05, 0) is 19.1 Å². The van der Waals surface area contributed by atoms with Gasteiger partial charge in [-0.25, -0.2) is 4.98 Å². The quantitative estimate of drug-likeness (QED) is 0.792. The van der Waals surface area contributed by atoms with Crippen LogP contribution in [0.15, 0.2) is 18.3 Å². The Labute approximate surface area is 136 Å². The van der Waals surface area contributed by atoms with Gasteiger partial charge in [0.2, 0.25) is 0 Å². The third-order valence-corrected chi connectivity index (χ3v) is 4.07. The predicted octanol–water partition coefficient (Wildman–Crippen LogP) is -0.0221. The molecule has 1 aromatic rings. The van der Waals surface area contributed by atoms with Crippen LogP contribution in [-0.4, -0.2) is 78.6 Å². The van der Waals surface area contributed by atoms with Gasteiger partial charge in [-0.2, -0.15) is 0 Å². The average molecular weight is 323 g/mol. The van der Waals surface area contributed by atoms with Crippen LogP contribution < -0.4 is 4.90 Å². The second-order valence-corrected chi connectivity index (χ2v) is 6.00. The van der Waals surface area contributed by atoms with E-state index < -0.39 is 12.2 Å². The first kappa shape index (κ1) is 17.7. The van der Waals surface area contributed by atoms with E-state index in [1.165, 1.54) is 0 Å². The van der Waals surface area contributed by atoms with Crippen LogP contribution in [0.3, 0.4) is 0 Å². The lowest BCUT2D eigenvalue weighted by atomic mass is 9.95. The number of hydrogen-bond donors (Lipinski definition) is 2. The monoisotopic (exact) mass is 323 g/mol. The molecule has 0 bridgehead atoms. The summed E-state index contributed by atoms with van der Waals surface area (Å²) in [5.74, 6) is 0.345. The lowest BCUT2D eigenvalue weighted by molar-refractivity contribution is -0.123. The van der Waals surface area contributed by atoms with Crippen LogP contribution in [0, 0.1) is 5.92 Å². The Morgan fingerprint density at radius 3 is 2.65 bits per heavy atom. The third kappa shape index (κ3) is 4.19. The number of aliphatic hydroxyl groups is 2. The summed E-state index contributed by atoms with van der Waals surface area (Å²) in [6, 6.07) is 3.54. The van der Waals surface area contributed by atoms with E-state index in [4.69, 9.17) is 4.74 Å². The summed E-state index contributed by atoms with van der Waals surface area (Å²) in [5.41, 5.74) is 0.504. The normalized spacial score (nSPS) is 24.3. The first-order valence-corrected chi connectivity index (χ1v) is 7.80. The molecule has 128 valence electrons. The highest BCUT2D eigenvalue weighted by Gasteiger charge is 2.33. The number of carbonyl (C=O) groups excluding carboxylic acids is 1. The molecule has 0 aliphatic carbocycles. The van der Waals surface area contributed by atoms with E-state index >= 15 is 0 Å². The lowest BCUT2D eigenvalue weighted by Crippen LogP contribution is -2.49. The number of anilines is 1. The number of amides is 1. The smallest absolute Gasteiger partial charge is 0.255 e. The van der Waals surface area contributed by atoms with Crippen molar-refractivity contribution in [1.29, 1.82) is 0 Å². The molecule has 1 saturated heterocycles. The van der Waals surface area contributed by atoms with Crippen molar-refractivity contribution >= 4 is 11.7 Å². The summed E-state index contributed by atoms with van der Waals surface area (Å²) >= 11 is 0. The summed E-state index contributed by atoms with van der Waals surface area (Å²) in [4.78, 5) is 20.4. The molecule has 0 radical (unpaired) electrons. The Hall–Kier alpha value is -1.70. The third-order valence-electron chi connectivity index (χ3n) is 4.07. The molecule has 2 rings (SSSR count). The first-order valence-electron chi connectivity index (χ1n) is 7.80. The molecule has 1 fully saturated rings. The minimum absolute atomic E-state index is 0.133. The second kappa shape index (κ2) is 7.72. The molecule has 0 aromatic carbocycles. The zero-order valence-corrected chi connectivity index (χ0v) is 13.8. The molecule has 2 heterocycles. The fourth-order valence-electron chi connectivity index (χ4n) is 2.61. The SMILES string of the molecule is CCN(C[C@@H]1COC[C@@H](O)[C@H]1O)C(=O)c1ccc(N(C)C)nc1. The minimum Gasteiger partial charge on any atom is -0.390 e. The number of nitrogens with zero attached hydrogens (tertiary/aromatic N) is 3. The Morgan fingerprint density at radius 1 is 1.35 bits per heavy atom. The average Bonchev–Trinajstić information content (AvgIpc) is 2.55. The molecule has 1 amide bonds. The van der Waals surface area contributed by atoms with Crippen LogP contribution in [0.25, 0.3) is 0 Å². The van der Waals surface area contributed by atoms with Crippen molar-refractivity contribution in [1.82, 2.24) is 9.88 Å². The van der Waals surface area contributed by atoms with Gasteiger partial charge < -0.3 is 24.7 Å². The number of rotatable bonds is 5. The number of hydrogen-bond acceptors (Lipinski definition) is 6. The van der Waals surface area contributed by atoms with E-state index in [2.05, 4.69) is 4.98 Å². The van der Waals surface area contributed by atoms with E-state index in [0.29, 0.717) is 25.3 Å². The highest BCUT2D eigenvalue weighted by Crippen LogP contribution is 2.18. The van der Waals surface area contributed by atoms with Gasteiger partial charge >= 0.3 is 0 Å². The van der Waals surface area contributed by atoms with E-state index in [-0.39, 0.29) is 18.4 Å². The van der Waals surface area contributed by atoms with Crippen molar-refractivity contribution in [2.24, 2.45) is 5.92 Å². The Kier molecular flexibility index (Phi) is 5.92. The Morgan fingerprint density at radius 2 is 2.09 bits per heavy atom. The fraction of sp³-hybridized carbons (Fsp3) is 0.625. The van der Waals surface area contributed by atoms with Gasteiger partial charge in [0.15, 0.2) is 0 Å². The van der Waals surface area contributed by atoms with Gasteiger partial charge in [0.25, 0.3) is 5.91 Å². The van der Waals surface area contributed by atoms with Crippen LogP contribution in [0.5, 0.6) is 0 Å². The molecule has 0 unspecified atom stereocenters. The van der Waals surface area contributed by atoms with Crippen molar-refractivity contribution in [3.05, 3.63) is 23.9 Å². The number of aromatic nitrogens is 1. The summed E-state index contributed by atoms with van der Waals surface area (Å²) in [5, 5.41) is 19.7. The van der Waals surface area contributed by atoms with Crippen LogP contribution >= 0.6 is 0 Å². The number of ether oxygens (including phenoxy) is 1. The number of aliphatic hydroxyl groups excluding tert-OH is 2. The highest BCUT2D eigenvalue weighted by atomic mass is 16.5. The molecule has 23 heavy (non-hydrogen) atoms.